The number of fused-ring (bicyclic) bond motifs is 1. The van der Waals surface area contributed by atoms with Crippen LogP contribution in [0.3, 0.4) is 0 Å². The predicted octanol–water partition coefficient (Wildman–Crippen LogP) is 1.89. The van der Waals surface area contributed by atoms with E-state index < -0.39 is 0 Å². The SMILES string of the molecule is C1=CC(B2OCCCO2)=CC2CC2=C1. The van der Waals surface area contributed by atoms with Crippen molar-refractivity contribution in [1.82, 2.24) is 0 Å². The molecule has 0 N–H and O–H groups in total. The Bertz CT molecular complexity index is 324. The van der Waals surface area contributed by atoms with E-state index in [0.29, 0.717) is 5.92 Å². The smallest absolute Gasteiger partial charge is 0.407 e. The molecule has 0 amide bonds. The molecule has 1 unspecified atom stereocenters. The van der Waals surface area contributed by atoms with E-state index in [2.05, 4.69) is 24.3 Å². The van der Waals surface area contributed by atoms with E-state index in [0.717, 1.165) is 19.6 Å². The highest BCUT2D eigenvalue weighted by Gasteiger charge is 2.32. The van der Waals surface area contributed by atoms with Crippen molar-refractivity contribution in [3.63, 3.8) is 0 Å². The van der Waals surface area contributed by atoms with E-state index in [1.165, 1.54) is 17.5 Å². The van der Waals surface area contributed by atoms with Gasteiger partial charge in [0.05, 0.1) is 0 Å². The van der Waals surface area contributed by atoms with Crippen molar-refractivity contribution in [2.75, 3.05) is 13.2 Å². The van der Waals surface area contributed by atoms with Gasteiger partial charge >= 0.3 is 7.12 Å². The first-order valence-corrected chi connectivity index (χ1v) is 5.25. The highest BCUT2D eigenvalue weighted by molar-refractivity contribution is 6.54. The molecule has 72 valence electrons. The molecule has 0 aromatic heterocycles. The molecule has 2 nitrogen and oxygen atoms in total. The van der Waals surface area contributed by atoms with Crippen LogP contribution in [0.25, 0.3) is 0 Å². The van der Waals surface area contributed by atoms with Gasteiger partial charge in [-0.3, -0.25) is 0 Å². The number of hydrogen-bond donors (Lipinski definition) is 0. The molecule has 1 heterocycles. The van der Waals surface area contributed by atoms with Crippen LogP contribution < -0.4 is 0 Å². The molecule has 1 saturated carbocycles. The van der Waals surface area contributed by atoms with Crippen LogP contribution in [-0.4, -0.2) is 20.3 Å². The van der Waals surface area contributed by atoms with Crippen LogP contribution in [0.2, 0.25) is 0 Å². The second kappa shape index (κ2) is 3.41. The highest BCUT2D eigenvalue weighted by Crippen LogP contribution is 2.41. The summed E-state index contributed by atoms with van der Waals surface area (Å²) >= 11 is 0. The maximum atomic E-state index is 5.57. The fourth-order valence-corrected chi connectivity index (χ4v) is 1.96. The van der Waals surface area contributed by atoms with Gasteiger partial charge in [-0.2, -0.15) is 0 Å². The third-order valence-electron chi connectivity index (χ3n) is 2.86. The van der Waals surface area contributed by atoms with Crippen molar-refractivity contribution in [1.29, 1.82) is 0 Å². The Hall–Kier alpha value is -0.795. The molecule has 1 saturated heterocycles. The fraction of sp³-hybridized carbons (Fsp3) is 0.455. The minimum absolute atomic E-state index is 0.117. The summed E-state index contributed by atoms with van der Waals surface area (Å²) < 4.78 is 11.1. The summed E-state index contributed by atoms with van der Waals surface area (Å²) in [6, 6.07) is 0. The lowest BCUT2D eigenvalue weighted by atomic mass is 9.76. The maximum absolute atomic E-state index is 5.57. The molecule has 0 aromatic carbocycles. The van der Waals surface area contributed by atoms with E-state index in [-0.39, 0.29) is 7.12 Å². The number of rotatable bonds is 1. The van der Waals surface area contributed by atoms with Crippen LogP contribution in [0.4, 0.5) is 0 Å². The lowest BCUT2D eigenvalue weighted by molar-refractivity contribution is 0.141. The largest absolute Gasteiger partial charge is 0.493 e. The molecule has 0 bridgehead atoms. The normalized spacial score (nSPS) is 30.3. The monoisotopic (exact) mass is 188 g/mol. The quantitative estimate of drug-likeness (QED) is 0.585. The molecule has 3 aliphatic rings. The van der Waals surface area contributed by atoms with E-state index >= 15 is 0 Å². The fourth-order valence-electron chi connectivity index (χ4n) is 1.96. The Balaban J connectivity index is 1.77. The van der Waals surface area contributed by atoms with Crippen LogP contribution in [0.1, 0.15) is 12.8 Å². The second-order valence-electron chi connectivity index (χ2n) is 4.01. The molecule has 0 aromatic rings. The molecule has 3 heteroatoms. The Labute approximate surface area is 84.4 Å². The molecule has 14 heavy (non-hydrogen) atoms. The van der Waals surface area contributed by atoms with Crippen molar-refractivity contribution in [2.45, 2.75) is 12.8 Å². The van der Waals surface area contributed by atoms with Gasteiger partial charge in [-0.1, -0.05) is 29.9 Å². The lowest BCUT2D eigenvalue weighted by Crippen LogP contribution is -2.31. The van der Waals surface area contributed by atoms with E-state index in [1.54, 1.807) is 0 Å². The Kier molecular flexibility index (Phi) is 2.07. The van der Waals surface area contributed by atoms with Gasteiger partial charge in [-0.05, 0) is 18.3 Å². The summed E-state index contributed by atoms with van der Waals surface area (Å²) in [6.45, 7) is 1.64. The van der Waals surface area contributed by atoms with Gasteiger partial charge in [0.25, 0.3) is 0 Å². The zero-order valence-electron chi connectivity index (χ0n) is 8.11. The third-order valence-corrected chi connectivity index (χ3v) is 2.86. The Morgan fingerprint density at radius 2 is 2.14 bits per heavy atom. The van der Waals surface area contributed by atoms with Crippen molar-refractivity contribution >= 4 is 7.12 Å². The molecule has 0 spiro atoms. The third kappa shape index (κ3) is 1.58. The maximum Gasteiger partial charge on any atom is 0.493 e. The number of allylic oxidation sites excluding steroid dienone is 6. The van der Waals surface area contributed by atoms with Crippen LogP contribution in [0.5, 0.6) is 0 Å². The molecule has 1 atom stereocenters. The topological polar surface area (TPSA) is 18.5 Å². The van der Waals surface area contributed by atoms with Gasteiger partial charge < -0.3 is 9.31 Å². The van der Waals surface area contributed by atoms with Crippen molar-refractivity contribution in [3.05, 3.63) is 35.3 Å². The first-order chi connectivity index (χ1) is 6.93. The Morgan fingerprint density at radius 3 is 3.00 bits per heavy atom. The van der Waals surface area contributed by atoms with Crippen LogP contribution >= 0.6 is 0 Å². The lowest BCUT2D eigenvalue weighted by Gasteiger charge is -2.20. The predicted molar refractivity (Wildman–Crippen MR) is 55.7 cm³/mol. The van der Waals surface area contributed by atoms with Gasteiger partial charge in [0.15, 0.2) is 0 Å². The zero-order chi connectivity index (χ0) is 9.38. The second-order valence-corrected chi connectivity index (χ2v) is 4.01. The van der Waals surface area contributed by atoms with Crippen molar-refractivity contribution in [2.24, 2.45) is 5.92 Å². The molecule has 2 aliphatic carbocycles. The van der Waals surface area contributed by atoms with Gasteiger partial charge in [0.1, 0.15) is 0 Å². The highest BCUT2D eigenvalue weighted by atomic mass is 16.6. The Morgan fingerprint density at radius 1 is 1.29 bits per heavy atom. The van der Waals surface area contributed by atoms with Crippen LogP contribution in [0, 0.1) is 5.92 Å². The molecule has 0 radical (unpaired) electrons. The summed E-state index contributed by atoms with van der Waals surface area (Å²) in [7, 11) is -0.117. The van der Waals surface area contributed by atoms with Crippen LogP contribution in [0.15, 0.2) is 35.3 Å². The summed E-state index contributed by atoms with van der Waals surface area (Å²) in [6.07, 6.45) is 10.9. The molecule has 2 fully saturated rings. The van der Waals surface area contributed by atoms with Crippen molar-refractivity contribution < 1.29 is 9.31 Å². The number of hydrogen-bond acceptors (Lipinski definition) is 2. The first kappa shape index (κ1) is 8.51. The summed E-state index contributed by atoms with van der Waals surface area (Å²) in [5.74, 6) is 0.661. The van der Waals surface area contributed by atoms with E-state index in [4.69, 9.17) is 9.31 Å². The van der Waals surface area contributed by atoms with Crippen LogP contribution in [-0.2, 0) is 9.31 Å². The zero-order valence-corrected chi connectivity index (χ0v) is 8.11. The standard InChI is InChI=1S/C11H13BO2/c1-3-9-7-10(9)8-11(4-1)12-13-5-2-6-14-12/h1,3-4,8,10H,2,5-7H2. The average Bonchev–Trinajstić information content (AvgIpc) is 2.95. The van der Waals surface area contributed by atoms with Gasteiger partial charge in [0.2, 0.25) is 0 Å². The van der Waals surface area contributed by atoms with Crippen molar-refractivity contribution in [3.8, 4) is 0 Å². The molecule has 1 aliphatic heterocycles. The van der Waals surface area contributed by atoms with E-state index in [1.807, 2.05) is 0 Å². The average molecular weight is 188 g/mol. The minimum atomic E-state index is -0.117. The first-order valence-electron chi connectivity index (χ1n) is 5.25. The minimum Gasteiger partial charge on any atom is -0.407 e. The molecule has 3 rings (SSSR count). The molecular formula is C11H13BO2. The van der Waals surface area contributed by atoms with Gasteiger partial charge in [-0.15, -0.1) is 0 Å². The summed E-state index contributed by atoms with van der Waals surface area (Å²) in [5, 5.41) is 0. The summed E-state index contributed by atoms with van der Waals surface area (Å²) in [4.78, 5) is 0. The summed E-state index contributed by atoms with van der Waals surface area (Å²) in [5.41, 5.74) is 2.73. The van der Waals surface area contributed by atoms with Gasteiger partial charge in [-0.25, -0.2) is 0 Å². The van der Waals surface area contributed by atoms with Gasteiger partial charge in [0, 0.05) is 19.1 Å². The van der Waals surface area contributed by atoms with E-state index in [9.17, 15) is 0 Å². The molecular weight excluding hydrogens is 175 g/mol.